The van der Waals surface area contributed by atoms with E-state index in [0.29, 0.717) is 28.2 Å². The molecule has 3 saturated heterocycles. The number of nitrogens with two attached hydrogens (primary N) is 1. The summed E-state index contributed by atoms with van der Waals surface area (Å²) in [4.78, 5) is 93.7. The van der Waals surface area contributed by atoms with Crippen molar-refractivity contribution in [3.8, 4) is 11.5 Å². The van der Waals surface area contributed by atoms with Crippen molar-refractivity contribution < 1.29 is 70.5 Å². The van der Waals surface area contributed by atoms with Gasteiger partial charge in [0.15, 0.2) is 0 Å². The van der Waals surface area contributed by atoms with E-state index in [-0.39, 0.29) is 36.4 Å². The fourth-order valence-corrected chi connectivity index (χ4v) is 11.5. The van der Waals surface area contributed by atoms with Gasteiger partial charge in [-0.3, -0.25) is 51.4 Å². The molecule has 0 amide bonds. The topological polar surface area (TPSA) is 358 Å². The van der Waals surface area contributed by atoms with Crippen molar-refractivity contribution in [3.05, 3.63) is 183 Å². The second kappa shape index (κ2) is 23.6. The summed E-state index contributed by atoms with van der Waals surface area (Å²) in [6, 6.07) is 25.0. The highest BCUT2D eigenvalue weighted by molar-refractivity contribution is 7.47. The van der Waals surface area contributed by atoms with E-state index in [1.54, 1.807) is 24.3 Å². The summed E-state index contributed by atoms with van der Waals surface area (Å²) in [6.07, 6.45) is -8.86. The number of nitrogens with one attached hydrogen (secondary N) is 2. The molecule has 0 aliphatic carbocycles. The summed E-state index contributed by atoms with van der Waals surface area (Å²) in [6.45, 7) is 0.877. The molecule has 79 heavy (non-hydrogen) atoms. The Bertz CT molecular complexity index is 3490. The van der Waals surface area contributed by atoms with Crippen LogP contribution in [0.25, 0.3) is 0 Å². The summed E-state index contributed by atoms with van der Waals surface area (Å²) in [5.41, 5.74) is 2.79. The standard InChI is InChI=1S/C50H57N7O20P2/c1-28-23-56(48(62)53-45(28)59)42-20-35(58)38(73-42)26-71-78(64,65)77-37-22-44(57-24-29(2)46(60)54-49(57)63)75-40(37)27-72-79(66,67)76-36-21-43(55-19-18-41(51)52-47(55)61)74-39(36)25-70-50(30-8-6-5-7-9-30,31-10-14-33(68-3)15-11-31)32-12-16-34(69-4)17-13-32/h5-19,23-24,35-40,42-44,58H,20-22,25-27H2,1-4H3,(H,64,65)(H,66,67)(H2,51,52,61)(H,53,59,62)(H,54,60,63)/t35-,36-,37-,38+,39+,40+,42+,43+,44+/m0/s1. The Balaban J connectivity index is 0.964. The second-order valence-electron chi connectivity index (χ2n) is 18.8. The van der Waals surface area contributed by atoms with Gasteiger partial charge in [-0.25, -0.2) is 23.5 Å². The maximum Gasteiger partial charge on any atom is 0.472 e. The van der Waals surface area contributed by atoms with Crippen molar-refractivity contribution in [3.63, 3.8) is 0 Å². The largest absolute Gasteiger partial charge is 0.497 e. The quantitative estimate of drug-likeness (QED) is 0.0446. The number of hydrogen-bond acceptors (Lipinski definition) is 20. The van der Waals surface area contributed by atoms with Gasteiger partial charge in [0.25, 0.3) is 11.1 Å². The summed E-state index contributed by atoms with van der Waals surface area (Å²) in [7, 11) is -7.41. The van der Waals surface area contributed by atoms with Crippen LogP contribution in [-0.2, 0) is 51.8 Å². The third-order valence-corrected chi connectivity index (χ3v) is 15.6. The number of benzene rings is 3. The number of phosphoric acid groups is 2. The van der Waals surface area contributed by atoms with Crippen LogP contribution >= 0.6 is 15.6 Å². The summed E-state index contributed by atoms with van der Waals surface area (Å²) in [5.74, 6) is 1.07. The van der Waals surface area contributed by atoms with Crippen molar-refractivity contribution in [1.82, 2.24) is 28.7 Å². The summed E-state index contributed by atoms with van der Waals surface area (Å²) < 4.78 is 89.6. The number of ether oxygens (including phenoxy) is 6. The van der Waals surface area contributed by atoms with E-state index in [4.69, 9.17) is 52.2 Å². The molecule has 3 aliphatic rings. The van der Waals surface area contributed by atoms with Gasteiger partial charge < -0.3 is 49.0 Å². The van der Waals surface area contributed by atoms with E-state index in [9.17, 15) is 48.0 Å². The number of aliphatic hydroxyl groups excluding tert-OH is 1. The van der Waals surface area contributed by atoms with Gasteiger partial charge in [0.05, 0.1) is 40.1 Å². The molecule has 2 unspecified atom stereocenters. The SMILES string of the molecule is COc1ccc(C(OC[C@H]2O[C@@H](n3ccc(N)nc3=O)C[C@@H]2OP(=O)(O)OC[C@H]2O[C@@H](n3cc(C)c(=O)[nH]c3=O)C[C@@H]2OP(=O)(O)OC[C@H]2O[C@@H](n3cc(C)c(=O)[nH]c3=O)C[C@@H]2O)(c2ccccc2)c2ccc(OC)cc2)cc1. The Kier molecular flexibility index (Phi) is 17.0. The van der Waals surface area contributed by atoms with Crippen molar-refractivity contribution in [2.24, 2.45) is 0 Å². The molecule has 0 spiro atoms. The monoisotopic (exact) mass is 1140 g/mol. The van der Waals surface area contributed by atoms with E-state index in [1.165, 1.54) is 52.7 Å². The molecule has 3 aromatic heterocycles. The first kappa shape index (κ1) is 57.0. The zero-order valence-corrected chi connectivity index (χ0v) is 44.6. The molecule has 3 aromatic carbocycles. The van der Waals surface area contributed by atoms with Gasteiger partial charge in [-0.2, -0.15) is 4.98 Å². The molecule has 9 rings (SSSR count). The predicted molar refractivity (Wildman–Crippen MR) is 276 cm³/mol. The first-order valence-corrected chi connectivity index (χ1v) is 27.6. The van der Waals surface area contributed by atoms with Crippen LogP contribution in [0.4, 0.5) is 5.82 Å². The Hall–Kier alpha value is -6.68. The minimum atomic E-state index is -5.28. The number of anilines is 1. The molecule has 11 atom stereocenters. The number of rotatable bonds is 21. The number of phosphoric ester groups is 2. The number of nitrogen functional groups attached to an aromatic ring is 1. The molecule has 3 fully saturated rings. The number of nitrogens with zero attached hydrogens (tertiary/aromatic N) is 4. The van der Waals surface area contributed by atoms with Crippen LogP contribution in [0.1, 0.15) is 65.8 Å². The van der Waals surface area contributed by atoms with E-state index in [0.717, 1.165) is 13.7 Å². The van der Waals surface area contributed by atoms with Crippen LogP contribution in [0.15, 0.2) is 127 Å². The average Bonchev–Trinajstić information content (AvgIpc) is 4.26. The van der Waals surface area contributed by atoms with Crippen LogP contribution in [-0.4, -0.2) is 114 Å². The van der Waals surface area contributed by atoms with Crippen LogP contribution in [0.3, 0.4) is 0 Å². The smallest absolute Gasteiger partial charge is 0.472 e. The number of aryl methyl sites for hydroxylation is 2. The summed E-state index contributed by atoms with van der Waals surface area (Å²) >= 11 is 0. The van der Waals surface area contributed by atoms with Gasteiger partial charge in [-0.15, -0.1) is 0 Å². The highest BCUT2D eigenvalue weighted by atomic mass is 31.2. The minimum Gasteiger partial charge on any atom is -0.497 e. The highest BCUT2D eigenvalue weighted by Gasteiger charge is 2.48. The van der Waals surface area contributed by atoms with E-state index in [1.807, 2.05) is 54.6 Å². The molecule has 27 nitrogen and oxygen atoms in total. The maximum atomic E-state index is 14.3. The molecule has 0 radical (unpaired) electrons. The second-order valence-corrected chi connectivity index (χ2v) is 21.6. The Morgan fingerprint density at radius 3 is 1.57 bits per heavy atom. The number of aromatic nitrogens is 6. The highest BCUT2D eigenvalue weighted by Crippen LogP contribution is 2.52. The van der Waals surface area contributed by atoms with E-state index >= 15 is 0 Å². The number of H-pyrrole nitrogens is 2. The molecule has 7 N–H and O–H groups in total. The number of aliphatic hydroxyl groups is 1. The van der Waals surface area contributed by atoms with Crippen LogP contribution in [0, 0.1) is 13.8 Å². The van der Waals surface area contributed by atoms with Gasteiger partial charge in [-0.1, -0.05) is 54.6 Å². The van der Waals surface area contributed by atoms with Crippen molar-refractivity contribution in [2.45, 2.75) is 94.0 Å². The Morgan fingerprint density at radius 1 is 0.633 bits per heavy atom. The molecule has 6 heterocycles. The molecular formula is C50H57N7O20P2. The Labute approximate surface area is 448 Å². The lowest BCUT2D eigenvalue weighted by Gasteiger charge is -2.37. The van der Waals surface area contributed by atoms with Gasteiger partial charge in [0.1, 0.15) is 72.1 Å². The van der Waals surface area contributed by atoms with Gasteiger partial charge >= 0.3 is 32.7 Å². The lowest BCUT2D eigenvalue weighted by Crippen LogP contribution is -2.38. The molecule has 3 aliphatic heterocycles. The normalized spacial score (nSPS) is 24.7. The van der Waals surface area contributed by atoms with Crippen LogP contribution < -0.4 is 43.4 Å². The lowest BCUT2D eigenvalue weighted by molar-refractivity contribution is -0.0952. The first-order chi connectivity index (χ1) is 37.6. The molecule has 6 aromatic rings. The number of aromatic amines is 2. The zero-order chi connectivity index (χ0) is 56.4. The van der Waals surface area contributed by atoms with Crippen molar-refractivity contribution in [2.75, 3.05) is 39.8 Å². The van der Waals surface area contributed by atoms with Crippen molar-refractivity contribution >= 4 is 21.5 Å². The van der Waals surface area contributed by atoms with Gasteiger partial charge in [-0.05, 0) is 60.9 Å². The first-order valence-electron chi connectivity index (χ1n) is 24.6. The van der Waals surface area contributed by atoms with Crippen LogP contribution in [0.5, 0.6) is 11.5 Å². The molecule has 29 heteroatoms. The zero-order valence-electron chi connectivity index (χ0n) is 42.8. The van der Waals surface area contributed by atoms with Crippen LogP contribution in [0.2, 0.25) is 0 Å². The minimum absolute atomic E-state index is 0.0664. The number of hydrogen-bond donors (Lipinski definition) is 6. The number of methoxy groups -OCH3 is 2. The van der Waals surface area contributed by atoms with Crippen molar-refractivity contribution in [1.29, 1.82) is 0 Å². The third kappa shape index (κ3) is 12.7. The van der Waals surface area contributed by atoms with E-state index < -0.39 is 124 Å². The summed E-state index contributed by atoms with van der Waals surface area (Å²) in [5, 5.41) is 10.8. The fourth-order valence-electron chi connectivity index (χ4n) is 9.57. The molecule has 422 valence electrons. The average molecular weight is 1140 g/mol. The molecule has 0 saturated carbocycles. The lowest BCUT2D eigenvalue weighted by atomic mass is 9.80. The fraction of sp³-hybridized carbons (Fsp3) is 0.400. The van der Waals surface area contributed by atoms with Gasteiger partial charge in [0.2, 0.25) is 0 Å². The molecule has 0 bridgehead atoms. The molecular weight excluding hydrogens is 1080 g/mol. The third-order valence-electron chi connectivity index (χ3n) is 13.6. The maximum absolute atomic E-state index is 14.3. The predicted octanol–water partition coefficient (Wildman–Crippen LogP) is 2.80. The van der Waals surface area contributed by atoms with E-state index in [2.05, 4.69) is 15.0 Å². The van der Waals surface area contributed by atoms with Gasteiger partial charge in [0, 0.05) is 49.0 Å². The Morgan fingerprint density at radius 2 is 1.08 bits per heavy atom.